The average molecular weight is 358 g/mol. The molecule has 0 aromatic rings. The fraction of sp³-hybridized carbons (Fsp3) is 0.824. The van der Waals surface area contributed by atoms with Gasteiger partial charge >= 0.3 is 5.97 Å². The molecular weight excluding hydrogens is 324 g/mol. The monoisotopic (exact) mass is 358 g/mol. The van der Waals surface area contributed by atoms with Gasteiger partial charge < -0.3 is 27.2 Å². The number of carbonyl (C=O) groups is 3. The summed E-state index contributed by atoms with van der Waals surface area (Å²) in [4.78, 5) is 36.0. The smallest absolute Gasteiger partial charge is 0.326 e. The molecule has 25 heavy (non-hydrogen) atoms. The van der Waals surface area contributed by atoms with Gasteiger partial charge in [-0.3, -0.25) is 9.59 Å². The van der Waals surface area contributed by atoms with Crippen molar-refractivity contribution in [3.63, 3.8) is 0 Å². The number of unbranched alkanes of at least 4 members (excludes halogenated alkanes) is 1. The molecule has 0 rings (SSSR count). The minimum Gasteiger partial charge on any atom is -0.480 e. The number of hydrogen-bond acceptors (Lipinski definition) is 5. The molecule has 0 bridgehead atoms. The first kappa shape index (κ1) is 23.3. The minimum absolute atomic E-state index is 0.0690. The zero-order valence-electron chi connectivity index (χ0n) is 15.7. The Morgan fingerprint density at radius 2 is 1.52 bits per heavy atom. The van der Waals surface area contributed by atoms with Gasteiger partial charge in [0.25, 0.3) is 0 Å². The van der Waals surface area contributed by atoms with E-state index < -0.39 is 35.9 Å². The lowest BCUT2D eigenvalue weighted by molar-refractivity contribution is -0.142. The molecule has 0 saturated carbocycles. The van der Waals surface area contributed by atoms with Crippen LogP contribution in [0.5, 0.6) is 0 Å². The summed E-state index contributed by atoms with van der Waals surface area (Å²) in [5.74, 6) is -1.97. The highest BCUT2D eigenvalue weighted by molar-refractivity contribution is 5.91. The first-order chi connectivity index (χ1) is 11.6. The standard InChI is InChI=1S/C17H34N4O4/c1-10(2)9-13(17(24)25)21-15(22)12(7-5-6-8-18)20-16(23)14(19)11(3)4/h10-14H,5-9,18-19H2,1-4H3,(H,20,23)(H,21,22)(H,24,25)/t12-,13-,14-/m0/s1. The fourth-order valence-corrected chi connectivity index (χ4v) is 2.30. The number of aliphatic carboxylic acids is 1. The predicted octanol–water partition coefficient (Wildman–Crippen LogP) is 0.199. The molecule has 0 fully saturated rings. The van der Waals surface area contributed by atoms with Crippen molar-refractivity contribution in [1.82, 2.24) is 10.6 Å². The zero-order chi connectivity index (χ0) is 19.6. The second-order valence-electron chi connectivity index (χ2n) is 7.14. The van der Waals surface area contributed by atoms with Gasteiger partial charge in [-0.25, -0.2) is 4.79 Å². The summed E-state index contributed by atoms with van der Waals surface area (Å²) in [6, 6.07) is -2.53. The molecule has 0 aliphatic heterocycles. The first-order valence-corrected chi connectivity index (χ1v) is 8.89. The van der Waals surface area contributed by atoms with Gasteiger partial charge in [0.1, 0.15) is 12.1 Å². The molecule has 146 valence electrons. The molecule has 0 saturated heterocycles. The summed E-state index contributed by atoms with van der Waals surface area (Å²) in [5.41, 5.74) is 11.3. The molecule has 0 aromatic heterocycles. The van der Waals surface area contributed by atoms with E-state index in [9.17, 15) is 19.5 Å². The number of rotatable bonds is 12. The van der Waals surface area contributed by atoms with Crippen LogP contribution < -0.4 is 22.1 Å². The van der Waals surface area contributed by atoms with Crippen LogP contribution in [-0.2, 0) is 14.4 Å². The highest BCUT2D eigenvalue weighted by Crippen LogP contribution is 2.08. The number of nitrogens with two attached hydrogens (primary N) is 2. The largest absolute Gasteiger partial charge is 0.480 e. The van der Waals surface area contributed by atoms with Gasteiger partial charge in [0.05, 0.1) is 6.04 Å². The van der Waals surface area contributed by atoms with Crippen LogP contribution in [-0.4, -0.2) is 47.6 Å². The summed E-state index contributed by atoms with van der Waals surface area (Å²) < 4.78 is 0. The normalized spacial score (nSPS) is 14.9. The first-order valence-electron chi connectivity index (χ1n) is 8.89. The van der Waals surface area contributed by atoms with Crippen molar-refractivity contribution in [2.75, 3.05) is 6.54 Å². The fourth-order valence-electron chi connectivity index (χ4n) is 2.30. The number of nitrogens with one attached hydrogen (secondary N) is 2. The predicted molar refractivity (Wildman–Crippen MR) is 96.7 cm³/mol. The van der Waals surface area contributed by atoms with Gasteiger partial charge in [0.15, 0.2) is 0 Å². The third kappa shape index (κ3) is 9.40. The Morgan fingerprint density at radius 1 is 0.960 bits per heavy atom. The van der Waals surface area contributed by atoms with Crippen molar-refractivity contribution in [2.24, 2.45) is 23.3 Å². The maximum atomic E-state index is 12.5. The quantitative estimate of drug-likeness (QED) is 0.315. The van der Waals surface area contributed by atoms with E-state index in [0.29, 0.717) is 32.2 Å². The second kappa shape index (κ2) is 11.8. The van der Waals surface area contributed by atoms with Crippen molar-refractivity contribution in [3.05, 3.63) is 0 Å². The second-order valence-corrected chi connectivity index (χ2v) is 7.14. The Kier molecular flexibility index (Phi) is 11.0. The van der Waals surface area contributed by atoms with E-state index in [4.69, 9.17) is 11.5 Å². The number of carboxylic acids is 1. The van der Waals surface area contributed by atoms with Crippen LogP contribution in [0.1, 0.15) is 53.4 Å². The highest BCUT2D eigenvalue weighted by Gasteiger charge is 2.28. The van der Waals surface area contributed by atoms with Crippen LogP contribution in [0, 0.1) is 11.8 Å². The summed E-state index contributed by atoms with van der Waals surface area (Å²) >= 11 is 0. The molecule has 0 aliphatic rings. The van der Waals surface area contributed by atoms with E-state index in [1.807, 2.05) is 27.7 Å². The summed E-state index contributed by atoms with van der Waals surface area (Å²) in [5, 5.41) is 14.4. The van der Waals surface area contributed by atoms with Gasteiger partial charge in [-0.2, -0.15) is 0 Å². The molecule has 2 amide bonds. The number of carboxylic acid groups (broad SMARTS) is 1. The van der Waals surface area contributed by atoms with Crippen molar-refractivity contribution < 1.29 is 19.5 Å². The van der Waals surface area contributed by atoms with E-state index in [1.165, 1.54) is 0 Å². The Morgan fingerprint density at radius 3 is 1.96 bits per heavy atom. The van der Waals surface area contributed by atoms with Crippen LogP contribution >= 0.6 is 0 Å². The lowest BCUT2D eigenvalue weighted by Gasteiger charge is -2.24. The van der Waals surface area contributed by atoms with E-state index in [0.717, 1.165) is 0 Å². The summed E-state index contributed by atoms with van der Waals surface area (Å²) in [6.45, 7) is 7.88. The lowest BCUT2D eigenvalue weighted by Crippen LogP contribution is -2.55. The molecule has 0 aromatic carbocycles. The molecule has 8 nitrogen and oxygen atoms in total. The number of carbonyl (C=O) groups excluding carboxylic acids is 2. The molecule has 0 aliphatic carbocycles. The number of amides is 2. The van der Waals surface area contributed by atoms with Crippen molar-refractivity contribution in [2.45, 2.75) is 71.5 Å². The van der Waals surface area contributed by atoms with Crippen LogP contribution in [0.3, 0.4) is 0 Å². The lowest BCUT2D eigenvalue weighted by atomic mass is 10.0. The Balaban J connectivity index is 5.01. The van der Waals surface area contributed by atoms with E-state index in [1.54, 1.807) is 0 Å². The van der Waals surface area contributed by atoms with Crippen LogP contribution in [0.4, 0.5) is 0 Å². The molecule has 0 unspecified atom stereocenters. The molecule has 7 N–H and O–H groups in total. The van der Waals surface area contributed by atoms with Gasteiger partial charge in [-0.15, -0.1) is 0 Å². The van der Waals surface area contributed by atoms with Gasteiger partial charge in [-0.1, -0.05) is 27.7 Å². The SMILES string of the molecule is CC(C)C[C@H](NC(=O)[C@H](CCCCN)NC(=O)[C@@H](N)C(C)C)C(=O)O. The van der Waals surface area contributed by atoms with Crippen molar-refractivity contribution >= 4 is 17.8 Å². The third-order valence-electron chi connectivity index (χ3n) is 3.92. The highest BCUT2D eigenvalue weighted by atomic mass is 16.4. The third-order valence-corrected chi connectivity index (χ3v) is 3.92. The Bertz CT molecular complexity index is 440. The van der Waals surface area contributed by atoms with Crippen LogP contribution in [0.2, 0.25) is 0 Å². The van der Waals surface area contributed by atoms with Crippen molar-refractivity contribution in [3.8, 4) is 0 Å². The molecular formula is C17H34N4O4. The average Bonchev–Trinajstić information content (AvgIpc) is 2.51. The molecule has 0 radical (unpaired) electrons. The minimum atomic E-state index is -1.09. The molecule has 8 heteroatoms. The molecule has 0 heterocycles. The van der Waals surface area contributed by atoms with Gasteiger partial charge in [-0.05, 0) is 44.1 Å². The Hall–Kier alpha value is -1.67. The Labute approximate surface area is 150 Å². The van der Waals surface area contributed by atoms with E-state index >= 15 is 0 Å². The number of hydrogen-bond donors (Lipinski definition) is 5. The topological polar surface area (TPSA) is 148 Å². The van der Waals surface area contributed by atoms with E-state index in [-0.39, 0.29) is 11.8 Å². The molecule has 3 atom stereocenters. The molecule has 0 spiro atoms. The summed E-state index contributed by atoms with van der Waals surface area (Å²) in [6.07, 6.45) is 2.06. The van der Waals surface area contributed by atoms with Gasteiger partial charge in [0.2, 0.25) is 11.8 Å². The van der Waals surface area contributed by atoms with Crippen molar-refractivity contribution in [1.29, 1.82) is 0 Å². The van der Waals surface area contributed by atoms with Crippen LogP contribution in [0.15, 0.2) is 0 Å². The van der Waals surface area contributed by atoms with Gasteiger partial charge in [0, 0.05) is 0 Å². The maximum Gasteiger partial charge on any atom is 0.326 e. The zero-order valence-corrected chi connectivity index (χ0v) is 15.7. The summed E-state index contributed by atoms with van der Waals surface area (Å²) in [7, 11) is 0. The maximum absolute atomic E-state index is 12.5. The van der Waals surface area contributed by atoms with E-state index in [2.05, 4.69) is 10.6 Å². The van der Waals surface area contributed by atoms with Crippen LogP contribution in [0.25, 0.3) is 0 Å².